The summed E-state index contributed by atoms with van der Waals surface area (Å²) in [5.74, 6) is 0.0621. The van der Waals surface area contributed by atoms with E-state index in [4.69, 9.17) is 10.6 Å². The summed E-state index contributed by atoms with van der Waals surface area (Å²) < 4.78 is 40.5. The Kier molecular flexibility index (Phi) is 4.91. The zero-order valence-corrected chi connectivity index (χ0v) is 14.2. The van der Waals surface area contributed by atoms with Crippen molar-refractivity contribution in [2.24, 2.45) is 5.73 Å². The van der Waals surface area contributed by atoms with Gasteiger partial charge in [-0.25, -0.2) is 0 Å². The van der Waals surface area contributed by atoms with Crippen molar-refractivity contribution in [3.63, 3.8) is 0 Å². The van der Waals surface area contributed by atoms with Crippen LogP contribution in [0.2, 0.25) is 0 Å². The second-order valence-corrected chi connectivity index (χ2v) is 6.73. The SMILES string of the molecule is CCc1ccc(C2C=C(N)ON2Cc2ccc(OC(F)(F)F)cc2)s1. The summed E-state index contributed by atoms with van der Waals surface area (Å²) >= 11 is 1.69. The van der Waals surface area contributed by atoms with Crippen molar-refractivity contribution in [3.8, 4) is 5.75 Å². The summed E-state index contributed by atoms with van der Waals surface area (Å²) in [4.78, 5) is 7.93. The summed E-state index contributed by atoms with van der Waals surface area (Å²) in [6, 6.07) is 9.71. The normalized spacial score (nSPS) is 18.1. The number of hydrogen-bond acceptors (Lipinski definition) is 5. The molecule has 0 amide bonds. The molecule has 0 spiro atoms. The minimum atomic E-state index is -4.70. The van der Waals surface area contributed by atoms with Crippen molar-refractivity contribution in [1.82, 2.24) is 5.06 Å². The molecule has 0 fully saturated rings. The van der Waals surface area contributed by atoms with Gasteiger partial charge in [0.2, 0.25) is 5.88 Å². The Hall–Kier alpha value is -2.19. The average molecular weight is 370 g/mol. The van der Waals surface area contributed by atoms with Crippen molar-refractivity contribution >= 4 is 11.3 Å². The van der Waals surface area contributed by atoms with Gasteiger partial charge in [-0.3, -0.25) is 0 Å². The van der Waals surface area contributed by atoms with Gasteiger partial charge in [0.15, 0.2) is 0 Å². The lowest BCUT2D eigenvalue weighted by atomic mass is 10.2. The van der Waals surface area contributed by atoms with Gasteiger partial charge in [0.05, 0.1) is 6.54 Å². The van der Waals surface area contributed by atoms with Crippen molar-refractivity contribution in [2.75, 3.05) is 0 Å². The first-order valence-electron chi connectivity index (χ1n) is 7.69. The highest BCUT2D eigenvalue weighted by molar-refractivity contribution is 7.12. The predicted octanol–water partition coefficient (Wildman–Crippen LogP) is 4.50. The number of nitrogens with zero attached hydrogens (tertiary/aromatic N) is 1. The molecule has 2 heterocycles. The number of nitrogens with two attached hydrogens (primary N) is 1. The maximum absolute atomic E-state index is 12.2. The van der Waals surface area contributed by atoms with Gasteiger partial charge in [0.25, 0.3) is 0 Å². The Balaban J connectivity index is 1.71. The fourth-order valence-electron chi connectivity index (χ4n) is 2.54. The molecule has 134 valence electrons. The van der Waals surface area contributed by atoms with E-state index in [-0.39, 0.29) is 11.8 Å². The van der Waals surface area contributed by atoms with Gasteiger partial charge in [-0.2, -0.15) is 0 Å². The number of alkyl halides is 3. The Bertz CT molecular complexity index is 756. The van der Waals surface area contributed by atoms with Crippen LogP contribution in [-0.2, 0) is 17.8 Å². The average Bonchev–Trinajstić information content (AvgIpc) is 3.14. The van der Waals surface area contributed by atoms with Gasteiger partial charge in [-0.1, -0.05) is 19.1 Å². The first kappa shape index (κ1) is 17.6. The molecule has 1 aliphatic rings. The molecule has 0 bridgehead atoms. The van der Waals surface area contributed by atoms with Crippen molar-refractivity contribution in [2.45, 2.75) is 32.3 Å². The molecule has 1 aliphatic heterocycles. The Morgan fingerprint density at radius 2 is 1.92 bits per heavy atom. The summed E-state index contributed by atoms with van der Waals surface area (Å²) in [7, 11) is 0. The van der Waals surface area contributed by atoms with E-state index in [1.54, 1.807) is 28.5 Å². The molecule has 2 aromatic rings. The van der Waals surface area contributed by atoms with E-state index in [0.29, 0.717) is 12.4 Å². The topological polar surface area (TPSA) is 47.7 Å². The standard InChI is InChI=1S/C17H17F3N2O2S/c1-2-13-7-8-15(25-13)14-9-16(21)24-22(14)10-11-3-5-12(6-4-11)23-17(18,19)20/h3-9,14H,2,10,21H2,1H3. The highest BCUT2D eigenvalue weighted by Gasteiger charge is 2.31. The molecule has 3 rings (SSSR count). The molecule has 4 nitrogen and oxygen atoms in total. The van der Waals surface area contributed by atoms with Gasteiger partial charge < -0.3 is 15.3 Å². The number of benzene rings is 1. The van der Waals surface area contributed by atoms with Crippen molar-refractivity contribution in [3.05, 3.63) is 63.7 Å². The fourth-order valence-corrected chi connectivity index (χ4v) is 3.56. The molecule has 25 heavy (non-hydrogen) atoms. The second kappa shape index (κ2) is 6.97. The number of halogens is 3. The lowest BCUT2D eigenvalue weighted by Crippen LogP contribution is -2.22. The van der Waals surface area contributed by atoms with Gasteiger partial charge in [0.1, 0.15) is 11.8 Å². The molecule has 0 saturated heterocycles. The molecule has 8 heteroatoms. The lowest BCUT2D eigenvalue weighted by molar-refractivity contribution is -0.274. The summed E-state index contributed by atoms with van der Waals surface area (Å²) in [6.45, 7) is 2.47. The smallest absolute Gasteiger partial charge is 0.406 e. The predicted molar refractivity (Wildman–Crippen MR) is 88.5 cm³/mol. The summed E-state index contributed by atoms with van der Waals surface area (Å²) in [5.41, 5.74) is 6.58. The van der Waals surface area contributed by atoms with E-state index in [2.05, 4.69) is 17.7 Å². The van der Waals surface area contributed by atoms with E-state index in [0.717, 1.165) is 16.9 Å². The quantitative estimate of drug-likeness (QED) is 0.842. The van der Waals surface area contributed by atoms with Gasteiger partial charge in [-0.05, 0) is 36.2 Å². The number of hydroxylamine groups is 2. The first-order valence-corrected chi connectivity index (χ1v) is 8.51. The minimum absolute atomic E-state index is 0.114. The van der Waals surface area contributed by atoms with E-state index in [1.165, 1.54) is 17.0 Å². The van der Waals surface area contributed by atoms with Crippen LogP contribution in [-0.4, -0.2) is 11.4 Å². The van der Waals surface area contributed by atoms with E-state index >= 15 is 0 Å². The van der Waals surface area contributed by atoms with Crippen LogP contribution in [0.4, 0.5) is 13.2 Å². The monoisotopic (exact) mass is 370 g/mol. The third-order valence-corrected chi connectivity index (χ3v) is 4.97. The van der Waals surface area contributed by atoms with Crippen LogP contribution in [0.5, 0.6) is 5.75 Å². The van der Waals surface area contributed by atoms with Crippen molar-refractivity contribution in [1.29, 1.82) is 0 Å². The summed E-state index contributed by atoms with van der Waals surface area (Å²) in [5, 5.41) is 1.71. The Morgan fingerprint density at radius 1 is 1.20 bits per heavy atom. The Labute approximate surface area is 147 Å². The maximum Gasteiger partial charge on any atom is 0.573 e. The Morgan fingerprint density at radius 3 is 2.52 bits per heavy atom. The molecule has 1 unspecified atom stereocenters. The van der Waals surface area contributed by atoms with Crippen LogP contribution in [0.15, 0.2) is 48.4 Å². The number of thiophene rings is 1. The minimum Gasteiger partial charge on any atom is -0.406 e. The largest absolute Gasteiger partial charge is 0.573 e. The number of ether oxygens (including phenoxy) is 1. The molecular weight excluding hydrogens is 353 g/mol. The fraction of sp³-hybridized carbons (Fsp3) is 0.294. The van der Waals surface area contributed by atoms with Crippen LogP contribution < -0.4 is 10.5 Å². The molecule has 1 aromatic heterocycles. The molecular formula is C17H17F3N2O2S. The van der Waals surface area contributed by atoms with E-state index in [1.807, 2.05) is 12.1 Å². The van der Waals surface area contributed by atoms with Gasteiger partial charge >= 0.3 is 6.36 Å². The van der Waals surface area contributed by atoms with Gasteiger partial charge in [-0.15, -0.1) is 29.6 Å². The van der Waals surface area contributed by atoms with Crippen LogP contribution in [0.25, 0.3) is 0 Å². The number of rotatable bonds is 5. The maximum atomic E-state index is 12.2. The van der Waals surface area contributed by atoms with E-state index in [9.17, 15) is 13.2 Å². The molecule has 2 N–H and O–H groups in total. The third-order valence-electron chi connectivity index (χ3n) is 3.67. The van der Waals surface area contributed by atoms with Gasteiger partial charge in [0, 0.05) is 15.8 Å². The zero-order chi connectivity index (χ0) is 18.0. The zero-order valence-electron chi connectivity index (χ0n) is 13.4. The highest BCUT2D eigenvalue weighted by Crippen LogP contribution is 2.35. The van der Waals surface area contributed by atoms with Crippen LogP contribution in [0, 0.1) is 0 Å². The third kappa shape index (κ3) is 4.46. The van der Waals surface area contributed by atoms with E-state index < -0.39 is 6.36 Å². The first-order chi connectivity index (χ1) is 11.8. The molecule has 1 aromatic carbocycles. The number of aryl methyl sites for hydroxylation is 1. The molecule has 0 aliphatic carbocycles. The second-order valence-electron chi connectivity index (χ2n) is 5.53. The molecule has 0 radical (unpaired) electrons. The number of hydrogen-bond donors (Lipinski definition) is 1. The van der Waals surface area contributed by atoms with Crippen LogP contribution in [0.1, 0.15) is 28.3 Å². The van der Waals surface area contributed by atoms with Crippen molar-refractivity contribution < 1.29 is 22.7 Å². The molecule has 0 saturated carbocycles. The van der Waals surface area contributed by atoms with Crippen LogP contribution >= 0.6 is 11.3 Å². The lowest BCUT2D eigenvalue weighted by Gasteiger charge is -2.22. The van der Waals surface area contributed by atoms with Crippen LogP contribution in [0.3, 0.4) is 0 Å². The summed E-state index contributed by atoms with van der Waals surface area (Å²) in [6.07, 6.45) is -1.91. The highest BCUT2D eigenvalue weighted by atomic mass is 32.1. The molecule has 1 atom stereocenters.